The summed E-state index contributed by atoms with van der Waals surface area (Å²) < 4.78 is 2.71. The van der Waals surface area contributed by atoms with Crippen LogP contribution in [-0.4, -0.2) is 25.8 Å². The molecule has 2 aromatic carbocycles. The Bertz CT molecular complexity index is 1210. The Kier molecular flexibility index (Phi) is 4.73. The normalized spacial score (nSPS) is 11.1. The number of carbonyl (C=O) groups is 1. The Balaban J connectivity index is 1.91. The van der Waals surface area contributed by atoms with Crippen molar-refractivity contribution in [3.63, 3.8) is 0 Å². The van der Waals surface area contributed by atoms with Gasteiger partial charge < -0.3 is 5.11 Å². The monoisotopic (exact) mass is 435 g/mol. The molecule has 4 rings (SSSR count). The molecular weight excluding hydrogens is 418 g/mol. The van der Waals surface area contributed by atoms with Crippen molar-refractivity contribution in [1.82, 2.24) is 14.8 Å². The van der Waals surface area contributed by atoms with Gasteiger partial charge in [-0.3, -0.25) is 0 Å². The summed E-state index contributed by atoms with van der Waals surface area (Å²) in [5.74, 6) is -0.979. The minimum Gasteiger partial charge on any atom is -0.478 e. The fraction of sp³-hybridized carbons (Fsp3) is 0.136. The summed E-state index contributed by atoms with van der Waals surface area (Å²) in [7, 11) is 0. The number of benzene rings is 2. The molecule has 6 heteroatoms. The number of halogens is 1. The molecule has 2 aromatic heterocycles. The second-order valence-electron chi connectivity index (χ2n) is 6.56. The third kappa shape index (κ3) is 3.10. The third-order valence-electron chi connectivity index (χ3n) is 4.89. The molecule has 28 heavy (non-hydrogen) atoms. The highest BCUT2D eigenvalue weighted by Crippen LogP contribution is 2.30. The van der Waals surface area contributed by atoms with Crippen LogP contribution in [0.25, 0.3) is 27.8 Å². The number of fused-ring (bicyclic) bond motifs is 1. The number of hydrogen-bond acceptors (Lipinski definition) is 3. The first-order chi connectivity index (χ1) is 13.5. The van der Waals surface area contributed by atoms with Crippen molar-refractivity contribution in [3.05, 3.63) is 76.0 Å². The van der Waals surface area contributed by atoms with Crippen molar-refractivity contribution in [2.24, 2.45) is 0 Å². The zero-order valence-electron chi connectivity index (χ0n) is 15.5. The standard InChI is InChI=1S/C22H18BrN3O2/c1-3-14-6-4-5-7-21(14)26-13(2)18(12-24-26)20-11-17(22(27)28)16-10-15(23)8-9-19(16)25-20/h4-12H,3H2,1-2H3,(H,27,28). The zero-order valence-corrected chi connectivity index (χ0v) is 17.1. The molecule has 0 unspecified atom stereocenters. The quantitative estimate of drug-likeness (QED) is 0.464. The van der Waals surface area contributed by atoms with E-state index in [2.05, 4.69) is 34.0 Å². The average Bonchev–Trinajstić information content (AvgIpc) is 3.08. The van der Waals surface area contributed by atoms with Crippen LogP contribution in [0.5, 0.6) is 0 Å². The number of rotatable bonds is 4. The van der Waals surface area contributed by atoms with Gasteiger partial charge in [0.1, 0.15) is 0 Å². The number of aryl methyl sites for hydroxylation is 1. The predicted octanol–water partition coefficient (Wildman–Crippen LogP) is 5.42. The molecule has 0 atom stereocenters. The first-order valence-corrected chi connectivity index (χ1v) is 9.75. The maximum Gasteiger partial charge on any atom is 0.336 e. The van der Waals surface area contributed by atoms with Gasteiger partial charge in [0.15, 0.2) is 0 Å². The molecule has 0 saturated heterocycles. The van der Waals surface area contributed by atoms with Gasteiger partial charge in [0.25, 0.3) is 0 Å². The molecule has 140 valence electrons. The lowest BCUT2D eigenvalue weighted by Gasteiger charge is -2.11. The van der Waals surface area contributed by atoms with Crippen LogP contribution in [0.3, 0.4) is 0 Å². The van der Waals surface area contributed by atoms with Gasteiger partial charge in [-0.2, -0.15) is 5.10 Å². The van der Waals surface area contributed by atoms with E-state index < -0.39 is 5.97 Å². The zero-order chi connectivity index (χ0) is 19.8. The molecule has 4 aromatic rings. The summed E-state index contributed by atoms with van der Waals surface area (Å²) in [5, 5.41) is 14.9. The van der Waals surface area contributed by atoms with Crippen LogP contribution in [0.4, 0.5) is 0 Å². The van der Waals surface area contributed by atoms with Crippen LogP contribution < -0.4 is 0 Å². The van der Waals surface area contributed by atoms with Crippen molar-refractivity contribution >= 4 is 32.8 Å². The van der Waals surface area contributed by atoms with E-state index in [4.69, 9.17) is 4.98 Å². The van der Waals surface area contributed by atoms with E-state index in [1.54, 1.807) is 18.3 Å². The van der Waals surface area contributed by atoms with E-state index >= 15 is 0 Å². The Morgan fingerprint density at radius 1 is 1.18 bits per heavy atom. The lowest BCUT2D eigenvalue weighted by Crippen LogP contribution is -2.03. The van der Waals surface area contributed by atoms with E-state index in [9.17, 15) is 9.90 Å². The molecule has 0 aliphatic carbocycles. The number of para-hydroxylation sites is 1. The number of nitrogens with zero attached hydrogens (tertiary/aromatic N) is 3. The van der Waals surface area contributed by atoms with Crippen LogP contribution in [0.2, 0.25) is 0 Å². The first kappa shape index (κ1) is 18.4. The molecule has 1 N–H and O–H groups in total. The van der Waals surface area contributed by atoms with Gasteiger partial charge in [-0.1, -0.05) is 41.1 Å². The number of aromatic carboxylic acids is 1. The van der Waals surface area contributed by atoms with Crippen LogP contribution in [0, 0.1) is 6.92 Å². The molecule has 5 nitrogen and oxygen atoms in total. The highest BCUT2D eigenvalue weighted by atomic mass is 79.9. The number of hydrogen-bond donors (Lipinski definition) is 1. The summed E-state index contributed by atoms with van der Waals surface area (Å²) >= 11 is 3.40. The SMILES string of the molecule is CCc1ccccc1-n1ncc(-c2cc(C(=O)O)c3cc(Br)ccc3n2)c1C. The van der Waals surface area contributed by atoms with E-state index in [0.717, 1.165) is 27.8 Å². The fourth-order valence-electron chi connectivity index (χ4n) is 3.43. The maximum atomic E-state index is 11.8. The number of carboxylic acids is 1. The van der Waals surface area contributed by atoms with Crippen molar-refractivity contribution in [2.75, 3.05) is 0 Å². The second-order valence-corrected chi connectivity index (χ2v) is 7.48. The van der Waals surface area contributed by atoms with Crippen LogP contribution in [-0.2, 0) is 6.42 Å². The summed E-state index contributed by atoms with van der Waals surface area (Å²) in [5.41, 5.74) is 5.42. The molecule has 2 heterocycles. The van der Waals surface area contributed by atoms with E-state index in [1.165, 1.54) is 5.56 Å². The second kappa shape index (κ2) is 7.20. The molecular formula is C22H18BrN3O2. The minimum atomic E-state index is -0.979. The Hall–Kier alpha value is -2.99. The van der Waals surface area contributed by atoms with Gasteiger partial charge in [-0.15, -0.1) is 0 Å². The maximum absolute atomic E-state index is 11.8. The van der Waals surface area contributed by atoms with Crippen molar-refractivity contribution in [1.29, 1.82) is 0 Å². The first-order valence-electron chi connectivity index (χ1n) is 8.96. The van der Waals surface area contributed by atoms with Gasteiger partial charge in [-0.25, -0.2) is 14.5 Å². The van der Waals surface area contributed by atoms with Gasteiger partial charge in [0.2, 0.25) is 0 Å². The van der Waals surface area contributed by atoms with Crippen LogP contribution in [0.1, 0.15) is 28.5 Å². The molecule has 0 aliphatic heterocycles. The topological polar surface area (TPSA) is 68.0 Å². The minimum absolute atomic E-state index is 0.224. The molecule has 0 saturated carbocycles. The summed E-state index contributed by atoms with van der Waals surface area (Å²) in [6.45, 7) is 4.09. The van der Waals surface area contributed by atoms with Gasteiger partial charge in [0.05, 0.1) is 34.4 Å². The number of pyridine rings is 1. The lowest BCUT2D eigenvalue weighted by atomic mass is 10.0. The summed E-state index contributed by atoms with van der Waals surface area (Å²) in [6.07, 6.45) is 2.65. The number of aromatic nitrogens is 3. The molecule has 0 spiro atoms. The summed E-state index contributed by atoms with van der Waals surface area (Å²) in [6, 6.07) is 15.2. The van der Waals surface area contributed by atoms with Crippen molar-refractivity contribution in [2.45, 2.75) is 20.3 Å². The van der Waals surface area contributed by atoms with Crippen LogP contribution >= 0.6 is 15.9 Å². The Morgan fingerprint density at radius 3 is 2.71 bits per heavy atom. The Labute approximate surface area is 170 Å². The Morgan fingerprint density at radius 2 is 1.96 bits per heavy atom. The average molecular weight is 436 g/mol. The molecule has 0 aliphatic rings. The highest BCUT2D eigenvalue weighted by Gasteiger charge is 2.17. The van der Waals surface area contributed by atoms with Crippen molar-refractivity contribution < 1.29 is 9.90 Å². The lowest BCUT2D eigenvalue weighted by molar-refractivity contribution is 0.0699. The largest absolute Gasteiger partial charge is 0.478 e. The molecule has 0 bridgehead atoms. The fourth-order valence-corrected chi connectivity index (χ4v) is 3.79. The van der Waals surface area contributed by atoms with Crippen LogP contribution in [0.15, 0.2) is 59.2 Å². The number of carboxylic acid groups (broad SMARTS) is 1. The molecule has 0 amide bonds. The van der Waals surface area contributed by atoms with E-state index in [-0.39, 0.29) is 5.56 Å². The highest BCUT2D eigenvalue weighted by molar-refractivity contribution is 9.10. The molecule has 0 fully saturated rings. The molecule has 0 radical (unpaired) electrons. The van der Waals surface area contributed by atoms with E-state index in [0.29, 0.717) is 16.6 Å². The predicted molar refractivity (Wildman–Crippen MR) is 113 cm³/mol. The summed E-state index contributed by atoms with van der Waals surface area (Å²) in [4.78, 5) is 16.5. The van der Waals surface area contributed by atoms with Crippen molar-refractivity contribution in [3.8, 4) is 16.9 Å². The van der Waals surface area contributed by atoms with Gasteiger partial charge in [0, 0.05) is 15.4 Å². The van der Waals surface area contributed by atoms with Gasteiger partial charge in [-0.05, 0) is 49.2 Å². The third-order valence-corrected chi connectivity index (χ3v) is 5.38. The van der Waals surface area contributed by atoms with E-state index in [1.807, 2.05) is 41.9 Å². The van der Waals surface area contributed by atoms with Gasteiger partial charge >= 0.3 is 5.97 Å². The smallest absolute Gasteiger partial charge is 0.336 e.